The maximum atomic E-state index is 12.3. The average Bonchev–Trinajstić information content (AvgIpc) is 2.65. The normalized spacial score (nSPS) is 11.3. The molecule has 0 aliphatic rings. The van der Waals surface area contributed by atoms with E-state index in [2.05, 4.69) is 5.32 Å². The molecule has 0 heterocycles. The van der Waals surface area contributed by atoms with E-state index in [9.17, 15) is 13.2 Å². The highest BCUT2D eigenvalue weighted by molar-refractivity contribution is 7.92. The van der Waals surface area contributed by atoms with Crippen LogP contribution in [-0.4, -0.2) is 33.7 Å². The number of rotatable bonds is 10. The van der Waals surface area contributed by atoms with Crippen LogP contribution < -0.4 is 9.62 Å². The predicted molar refractivity (Wildman–Crippen MR) is 120 cm³/mol. The van der Waals surface area contributed by atoms with Crippen LogP contribution in [0.5, 0.6) is 0 Å². The molecule has 2 aromatic carbocycles. The molecule has 0 fully saturated rings. The Kier molecular flexibility index (Phi) is 8.53. The van der Waals surface area contributed by atoms with Crippen molar-refractivity contribution in [3.8, 4) is 0 Å². The maximum absolute atomic E-state index is 12.3. The Morgan fingerprint density at radius 2 is 1.76 bits per heavy atom. The fourth-order valence-electron chi connectivity index (χ4n) is 3.11. The molecule has 0 spiro atoms. The van der Waals surface area contributed by atoms with Crippen LogP contribution in [0.4, 0.5) is 5.69 Å². The molecule has 0 radical (unpaired) electrons. The topological polar surface area (TPSA) is 66.5 Å². The van der Waals surface area contributed by atoms with Gasteiger partial charge in [-0.05, 0) is 68.0 Å². The van der Waals surface area contributed by atoms with E-state index in [1.165, 1.54) is 16.1 Å². The number of nitrogens with zero attached hydrogens (tertiary/aromatic N) is 1. The van der Waals surface area contributed by atoms with Crippen LogP contribution in [0.15, 0.2) is 42.5 Å². The lowest BCUT2D eigenvalue weighted by atomic mass is 10.1. The van der Waals surface area contributed by atoms with Gasteiger partial charge >= 0.3 is 0 Å². The first kappa shape index (κ1) is 23.2. The van der Waals surface area contributed by atoms with Gasteiger partial charge in [-0.3, -0.25) is 9.10 Å². The number of carbonyl (C=O) groups is 1. The van der Waals surface area contributed by atoms with Gasteiger partial charge in [-0.15, -0.1) is 0 Å². The van der Waals surface area contributed by atoms with Crippen molar-refractivity contribution >= 4 is 33.2 Å². The SMILES string of the molecule is Cc1cccc(N(CCCC(=O)NCCCc2ccc(Cl)cc2)S(C)(=O)=O)c1C. The number of anilines is 1. The number of sulfonamides is 1. The minimum absolute atomic E-state index is 0.0597. The van der Waals surface area contributed by atoms with E-state index >= 15 is 0 Å². The largest absolute Gasteiger partial charge is 0.356 e. The molecule has 2 rings (SSSR count). The summed E-state index contributed by atoms with van der Waals surface area (Å²) in [5.41, 5.74) is 3.83. The van der Waals surface area contributed by atoms with E-state index in [0.717, 1.165) is 24.0 Å². The van der Waals surface area contributed by atoms with Gasteiger partial charge in [-0.25, -0.2) is 8.42 Å². The highest BCUT2D eigenvalue weighted by atomic mass is 35.5. The van der Waals surface area contributed by atoms with E-state index in [1.54, 1.807) is 6.07 Å². The number of aryl methyl sites for hydroxylation is 2. The third kappa shape index (κ3) is 7.37. The molecule has 0 aliphatic heterocycles. The number of hydrogen-bond acceptors (Lipinski definition) is 3. The highest BCUT2D eigenvalue weighted by Crippen LogP contribution is 2.25. The average molecular weight is 437 g/mol. The fraction of sp³-hybridized carbons (Fsp3) is 0.409. The smallest absolute Gasteiger partial charge is 0.232 e. The molecular weight excluding hydrogens is 408 g/mol. The Morgan fingerprint density at radius 1 is 1.07 bits per heavy atom. The summed E-state index contributed by atoms with van der Waals surface area (Å²) in [6.45, 7) is 4.74. The predicted octanol–water partition coefficient (Wildman–Crippen LogP) is 4.25. The molecular formula is C22H29ClN2O3S. The first-order valence-corrected chi connectivity index (χ1v) is 12.0. The maximum Gasteiger partial charge on any atom is 0.232 e. The molecule has 0 unspecified atom stereocenters. The van der Waals surface area contributed by atoms with Gasteiger partial charge in [0.05, 0.1) is 11.9 Å². The lowest BCUT2D eigenvalue weighted by molar-refractivity contribution is -0.121. The second-order valence-corrected chi connectivity index (χ2v) is 9.58. The van der Waals surface area contributed by atoms with Crippen molar-refractivity contribution in [2.75, 3.05) is 23.7 Å². The Bertz CT molecular complexity index is 928. The lowest BCUT2D eigenvalue weighted by Gasteiger charge is -2.24. The molecule has 0 aliphatic carbocycles. The summed E-state index contributed by atoms with van der Waals surface area (Å²) < 4.78 is 25.9. The van der Waals surface area contributed by atoms with Crippen LogP contribution in [0.3, 0.4) is 0 Å². The van der Waals surface area contributed by atoms with Gasteiger partial charge in [-0.2, -0.15) is 0 Å². The van der Waals surface area contributed by atoms with Gasteiger partial charge in [0.2, 0.25) is 15.9 Å². The van der Waals surface area contributed by atoms with Crippen molar-refractivity contribution in [2.45, 2.75) is 39.5 Å². The van der Waals surface area contributed by atoms with Gasteiger partial charge in [0, 0.05) is 24.5 Å². The summed E-state index contributed by atoms with van der Waals surface area (Å²) in [4.78, 5) is 12.1. The van der Waals surface area contributed by atoms with Gasteiger partial charge in [-0.1, -0.05) is 35.9 Å². The van der Waals surface area contributed by atoms with E-state index < -0.39 is 10.0 Å². The summed E-state index contributed by atoms with van der Waals surface area (Å²) in [5.74, 6) is -0.0597. The van der Waals surface area contributed by atoms with Crippen molar-refractivity contribution in [1.82, 2.24) is 5.32 Å². The van der Waals surface area contributed by atoms with Crippen molar-refractivity contribution < 1.29 is 13.2 Å². The third-order valence-electron chi connectivity index (χ3n) is 4.89. The fourth-order valence-corrected chi connectivity index (χ4v) is 4.26. The van der Waals surface area contributed by atoms with E-state index in [-0.39, 0.29) is 18.9 Å². The summed E-state index contributed by atoms with van der Waals surface area (Å²) in [6.07, 6.45) is 3.66. The summed E-state index contributed by atoms with van der Waals surface area (Å²) in [6, 6.07) is 13.3. The van der Waals surface area contributed by atoms with Crippen LogP contribution in [-0.2, 0) is 21.2 Å². The summed E-state index contributed by atoms with van der Waals surface area (Å²) in [7, 11) is -3.42. The first-order valence-electron chi connectivity index (χ1n) is 9.73. The molecule has 0 atom stereocenters. The molecule has 158 valence electrons. The summed E-state index contributed by atoms with van der Waals surface area (Å²) in [5, 5.41) is 3.62. The van der Waals surface area contributed by atoms with Crippen molar-refractivity contribution in [1.29, 1.82) is 0 Å². The van der Waals surface area contributed by atoms with Crippen molar-refractivity contribution in [3.05, 3.63) is 64.2 Å². The molecule has 0 bridgehead atoms. The zero-order valence-electron chi connectivity index (χ0n) is 17.2. The molecule has 2 aromatic rings. The van der Waals surface area contributed by atoms with Gasteiger partial charge in [0.1, 0.15) is 0 Å². The molecule has 7 heteroatoms. The minimum Gasteiger partial charge on any atom is -0.356 e. The summed E-state index contributed by atoms with van der Waals surface area (Å²) >= 11 is 5.87. The number of hydrogen-bond donors (Lipinski definition) is 1. The first-order chi connectivity index (χ1) is 13.7. The second-order valence-electron chi connectivity index (χ2n) is 7.24. The van der Waals surface area contributed by atoms with Gasteiger partial charge in [0.25, 0.3) is 0 Å². The van der Waals surface area contributed by atoms with Crippen LogP contribution in [0.2, 0.25) is 5.02 Å². The second kappa shape index (κ2) is 10.6. The van der Waals surface area contributed by atoms with Gasteiger partial charge in [0.15, 0.2) is 0 Å². The number of amides is 1. The third-order valence-corrected chi connectivity index (χ3v) is 6.32. The van der Waals surface area contributed by atoms with E-state index in [0.29, 0.717) is 23.7 Å². The van der Waals surface area contributed by atoms with Crippen LogP contribution in [0, 0.1) is 13.8 Å². The number of carbonyl (C=O) groups excluding carboxylic acids is 1. The monoisotopic (exact) mass is 436 g/mol. The Morgan fingerprint density at radius 3 is 2.41 bits per heavy atom. The molecule has 29 heavy (non-hydrogen) atoms. The molecule has 0 saturated carbocycles. The highest BCUT2D eigenvalue weighted by Gasteiger charge is 2.19. The Hall–Kier alpha value is -2.05. The quantitative estimate of drug-likeness (QED) is 0.566. The lowest BCUT2D eigenvalue weighted by Crippen LogP contribution is -2.33. The molecule has 5 nitrogen and oxygen atoms in total. The zero-order valence-corrected chi connectivity index (χ0v) is 18.8. The van der Waals surface area contributed by atoms with Crippen molar-refractivity contribution in [2.24, 2.45) is 0 Å². The number of benzene rings is 2. The van der Waals surface area contributed by atoms with Crippen LogP contribution in [0.1, 0.15) is 36.0 Å². The van der Waals surface area contributed by atoms with E-state index in [1.807, 2.05) is 50.2 Å². The molecule has 0 saturated heterocycles. The Balaban J connectivity index is 1.79. The van der Waals surface area contributed by atoms with Crippen LogP contribution >= 0.6 is 11.6 Å². The number of nitrogens with one attached hydrogen (secondary N) is 1. The molecule has 1 N–H and O–H groups in total. The van der Waals surface area contributed by atoms with Crippen molar-refractivity contribution in [3.63, 3.8) is 0 Å². The molecule has 0 aromatic heterocycles. The zero-order chi connectivity index (χ0) is 21.4. The van der Waals surface area contributed by atoms with Crippen LogP contribution in [0.25, 0.3) is 0 Å². The number of halogens is 1. The Labute approximate surface area is 179 Å². The van der Waals surface area contributed by atoms with E-state index in [4.69, 9.17) is 11.6 Å². The van der Waals surface area contributed by atoms with Gasteiger partial charge < -0.3 is 5.32 Å². The molecule has 1 amide bonds. The standard InChI is InChI=1S/C22H29ClN2O3S/c1-17-7-4-9-21(18(17)2)25(29(3,27)28)16-6-10-22(26)24-15-5-8-19-11-13-20(23)14-12-19/h4,7,9,11-14H,5-6,8,10,15-16H2,1-3H3,(H,24,26). The minimum atomic E-state index is -3.42.